The maximum Gasteiger partial charge on any atom is 0.164 e. The number of rotatable bonds is 2. The van der Waals surface area contributed by atoms with Gasteiger partial charge in [0.1, 0.15) is 0 Å². The molecule has 0 aromatic heterocycles. The van der Waals surface area contributed by atoms with Crippen molar-refractivity contribution in [3.8, 4) is 0 Å². The van der Waals surface area contributed by atoms with Gasteiger partial charge in [-0.15, -0.1) is 0 Å². The fourth-order valence-corrected chi connectivity index (χ4v) is 2.06. The molecule has 1 fully saturated rings. The Hall–Kier alpha value is 0.0300. The molecule has 0 amide bonds. The summed E-state index contributed by atoms with van der Waals surface area (Å²) >= 11 is -2.33. The SMILES string of the molecule is O=S([O-])C1(OO)CCCCC1. The Kier molecular flexibility index (Phi) is 3.00. The summed E-state index contributed by atoms with van der Waals surface area (Å²) in [4.78, 5) is 2.72. The van der Waals surface area contributed by atoms with Crippen LogP contribution in [0.3, 0.4) is 0 Å². The summed E-state index contributed by atoms with van der Waals surface area (Å²) in [6.45, 7) is 0. The van der Waals surface area contributed by atoms with Gasteiger partial charge in [-0.3, -0.25) is 9.47 Å². The lowest BCUT2D eigenvalue weighted by Gasteiger charge is -2.35. The second-order valence-electron chi connectivity index (χ2n) is 2.80. The van der Waals surface area contributed by atoms with Crippen molar-refractivity contribution < 1.29 is 18.9 Å². The molecule has 4 nitrogen and oxygen atoms in total. The van der Waals surface area contributed by atoms with Crippen molar-refractivity contribution in [2.75, 3.05) is 0 Å². The summed E-state index contributed by atoms with van der Waals surface area (Å²) in [6, 6.07) is 0. The van der Waals surface area contributed by atoms with Gasteiger partial charge >= 0.3 is 0 Å². The Bertz CT molecular complexity index is 153. The molecule has 1 aliphatic rings. The van der Waals surface area contributed by atoms with Crippen LogP contribution in [-0.4, -0.2) is 19.0 Å². The Balaban J connectivity index is 2.64. The van der Waals surface area contributed by atoms with Crippen molar-refractivity contribution in [1.29, 1.82) is 0 Å². The van der Waals surface area contributed by atoms with Crippen molar-refractivity contribution in [2.24, 2.45) is 0 Å². The van der Waals surface area contributed by atoms with E-state index in [0.717, 1.165) is 19.3 Å². The summed E-state index contributed by atoms with van der Waals surface area (Å²) < 4.78 is 21.2. The average molecular weight is 179 g/mol. The third-order valence-electron chi connectivity index (χ3n) is 2.09. The predicted octanol–water partition coefficient (Wildman–Crippen LogP) is 1.02. The van der Waals surface area contributed by atoms with Gasteiger partial charge in [0.15, 0.2) is 4.93 Å². The monoisotopic (exact) mass is 179 g/mol. The van der Waals surface area contributed by atoms with Gasteiger partial charge in [-0.05, 0) is 36.8 Å². The van der Waals surface area contributed by atoms with Crippen LogP contribution in [0.25, 0.3) is 0 Å². The topological polar surface area (TPSA) is 69.6 Å². The highest BCUT2D eigenvalue weighted by Gasteiger charge is 2.34. The molecule has 0 radical (unpaired) electrons. The van der Waals surface area contributed by atoms with E-state index in [1.165, 1.54) is 0 Å². The zero-order valence-corrected chi connectivity index (χ0v) is 6.93. The van der Waals surface area contributed by atoms with Gasteiger partial charge in [0, 0.05) is 0 Å². The van der Waals surface area contributed by atoms with E-state index >= 15 is 0 Å². The van der Waals surface area contributed by atoms with Crippen LogP contribution in [0, 0.1) is 0 Å². The minimum absolute atomic E-state index is 0.402. The van der Waals surface area contributed by atoms with Gasteiger partial charge in [0.05, 0.1) is 0 Å². The van der Waals surface area contributed by atoms with E-state index in [9.17, 15) is 8.76 Å². The molecule has 0 bridgehead atoms. The second-order valence-corrected chi connectivity index (χ2v) is 4.01. The van der Waals surface area contributed by atoms with Gasteiger partial charge in [-0.2, -0.15) is 0 Å². The first-order valence-corrected chi connectivity index (χ1v) is 4.71. The summed E-state index contributed by atoms with van der Waals surface area (Å²) in [5.41, 5.74) is 0. The van der Waals surface area contributed by atoms with Gasteiger partial charge in [0.2, 0.25) is 0 Å². The lowest BCUT2D eigenvalue weighted by atomic mass is 9.97. The first-order chi connectivity index (χ1) is 5.21. The van der Waals surface area contributed by atoms with Crippen molar-refractivity contribution >= 4 is 11.1 Å². The molecule has 1 rings (SSSR count). The highest BCUT2D eigenvalue weighted by Crippen LogP contribution is 2.32. The maximum atomic E-state index is 10.6. The first-order valence-electron chi connectivity index (χ1n) is 3.63. The third kappa shape index (κ3) is 1.79. The van der Waals surface area contributed by atoms with Crippen LogP contribution in [-0.2, 0) is 16.0 Å². The van der Waals surface area contributed by atoms with E-state index < -0.39 is 16.0 Å². The molecule has 5 heteroatoms. The highest BCUT2D eigenvalue weighted by molar-refractivity contribution is 7.80. The second kappa shape index (κ2) is 3.62. The molecule has 1 atom stereocenters. The van der Waals surface area contributed by atoms with E-state index in [1.807, 2.05) is 0 Å². The van der Waals surface area contributed by atoms with Crippen LogP contribution < -0.4 is 0 Å². The number of hydrogen-bond donors (Lipinski definition) is 1. The molecule has 0 aromatic carbocycles. The minimum Gasteiger partial charge on any atom is -0.770 e. The summed E-state index contributed by atoms with van der Waals surface area (Å²) in [7, 11) is 0. The van der Waals surface area contributed by atoms with E-state index in [2.05, 4.69) is 4.89 Å². The molecule has 0 aliphatic heterocycles. The fraction of sp³-hybridized carbons (Fsp3) is 1.00. The quantitative estimate of drug-likeness (QED) is 0.390. The average Bonchev–Trinajstić information content (AvgIpc) is 2.05. The smallest absolute Gasteiger partial charge is 0.164 e. The lowest BCUT2D eigenvalue weighted by Crippen LogP contribution is -2.38. The molecule has 66 valence electrons. The summed E-state index contributed by atoms with van der Waals surface area (Å²) in [5.74, 6) is 0. The minimum atomic E-state index is -2.33. The van der Waals surface area contributed by atoms with Gasteiger partial charge in [-0.25, -0.2) is 4.89 Å². The summed E-state index contributed by atoms with van der Waals surface area (Å²) in [5, 5.41) is 8.42. The Labute approximate surface area is 67.8 Å². The first kappa shape index (κ1) is 9.12. The Morgan fingerprint density at radius 2 is 1.91 bits per heavy atom. The molecule has 0 heterocycles. The van der Waals surface area contributed by atoms with Gasteiger partial charge in [0.25, 0.3) is 0 Å². The molecule has 11 heavy (non-hydrogen) atoms. The highest BCUT2D eigenvalue weighted by atomic mass is 32.2. The van der Waals surface area contributed by atoms with Gasteiger partial charge < -0.3 is 4.55 Å². The van der Waals surface area contributed by atoms with Crippen LogP contribution in [0.5, 0.6) is 0 Å². The van der Waals surface area contributed by atoms with Crippen LogP contribution >= 0.6 is 0 Å². The van der Waals surface area contributed by atoms with E-state index in [1.54, 1.807) is 0 Å². The molecule has 1 aliphatic carbocycles. The molecule has 1 N–H and O–H groups in total. The molecular weight excluding hydrogens is 168 g/mol. The van der Waals surface area contributed by atoms with Crippen LogP contribution in [0.4, 0.5) is 0 Å². The third-order valence-corrected chi connectivity index (χ3v) is 3.18. The summed E-state index contributed by atoms with van der Waals surface area (Å²) in [6.07, 6.45) is 3.42. The van der Waals surface area contributed by atoms with Crippen LogP contribution in [0.1, 0.15) is 32.1 Å². The van der Waals surface area contributed by atoms with Crippen molar-refractivity contribution in [3.63, 3.8) is 0 Å². The molecular formula is C6H11O4S-. The van der Waals surface area contributed by atoms with Crippen molar-refractivity contribution in [1.82, 2.24) is 0 Å². The fourth-order valence-electron chi connectivity index (χ4n) is 1.38. The molecule has 0 saturated heterocycles. The lowest BCUT2D eigenvalue weighted by molar-refractivity contribution is -0.300. The van der Waals surface area contributed by atoms with E-state index in [4.69, 9.17) is 5.26 Å². The molecule has 0 spiro atoms. The number of hydrogen-bond acceptors (Lipinski definition) is 4. The van der Waals surface area contributed by atoms with Crippen molar-refractivity contribution in [2.45, 2.75) is 37.0 Å². The molecule has 1 unspecified atom stereocenters. The maximum absolute atomic E-state index is 10.6. The Morgan fingerprint density at radius 3 is 2.18 bits per heavy atom. The van der Waals surface area contributed by atoms with E-state index in [0.29, 0.717) is 12.8 Å². The van der Waals surface area contributed by atoms with Crippen LogP contribution in [0.2, 0.25) is 0 Å². The van der Waals surface area contributed by atoms with Crippen LogP contribution in [0.15, 0.2) is 0 Å². The van der Waals surface area contributed by atoms with E-state index in [-0.39, 0.29) is 0 Å². The standard InChI is InChI=1S/C6H12O4S/c7-10-6(11(8)9)4-2-1-3-5-6/h7H,1-5H2,(H,8,9)/p-1. The zero-order chi connectivity index (χ0) is 8.32. The normalized spacial score (nSPS) is 26.4. The predicted molar refractivity (Wildman–Crippen MR) is 38.4 cm³/mol. The zero-order valence-electron chi connectivity index (χ0n) is 6.12. The van der Waals surface area contributed by atoms with Gasteiger partial charge in [-0.1, -0.05) is 6.42 Å². The molecule has 0 aromatic rings. The molecule has 1 saturated carbocycles. The largest absolute Gasteiger partial charge is 0.770 e. The van der Waals surface area contributed by atoms with Crippen molar-refractivity contribution in [3.05, 3.63) is 0 Å². The Morgan fingerprint density at radius 1 is 1.36 bits per heavy atom.